The number of amides is 3. The second kappa shape index (κ2) is 18.6. The SMILES string of the molecule is CC(=O)CC(CCCCN)C(=O)C(C)(C)C.CC(C)NC(=O)C(C)CC(=O)O.CC1CC(=O)N(C(C)C)C1=O. The molecule has 0 aromatic carbocycles. The number of ketones is 2. The van der Waals surface area contributed by atoms with Crippen LogP contribution in [0.2, 0.25) is 0 Å². The third-order valence-electron chi connectivity index (χ3n) is 5.93. The Morgan fingerprint density at radius 2 is 1.56 bits per heavy atom. The molecule has 1 aliphatic rings. The molecule has 1 rings (SSSR count). The third-order valence-corrected chi connectivity index (χ3v) is 5.93. The Balaban J connectivity index is 0. The number of nitrogens with one attached hydrogen (secondary N) is 1. The Labute approximate surface area is 234 Å². The molecule has 3 atom stereocenters. The number of Topliss-reactive ketones (excluding diaryl/α,β-unsaturated/α-hetero) is 2. The molecule has 3 unspecified atom stereocenters. The minimum Gasteiger partial charge on any atom is -0.481 e. The highest BCUT2D eigenvalue weighted by Gasteiger charge is 2.36. The zero-order chi connectivity index (χ0) is 31.1. The quantitative estimate of drug-likeness (QED) is 0.242. The van der Waals surface area contributed by atoms with Crippen molar-refractivity contribution in [3.05, 3.63) is 0 Å². The molecule has 0 aromatic heterocycles. The van der Waals surface area contributed by atoms with Crippen molar-refractivity contribution in [2.75, 3.05) is 6.54 Å². The van der Waals surface area contributed by atoms with Crippen molar-refractivity contribution < 1.29 is 33.9 Å². The maximum absolute atomic E-state index is 12.1. The van der Waals surface area contributed by atoms with Crippen LogP contribution in [0.1, 0.15) is 108 Å². The fourth-order valence-corrected chi connectivity index (χ4v) is 3.95. The molecule has 1 heterocycles. The summed E-state index contributed by atoms with van der Waals surface area (Å²) in [5.74, 6) is -1.59. The van der Waals surface area contributed by atoms with Crippen LogP contribution in [-0.4, -0.2) is 63.9 Å². The molecule has 0 bridgehead atoms. The zero-order valence-corrected chi connectivity index (χ0v) is 25.8. The number of nitrogens with two attached hydrogens (primary N) is 1. The number of imide groups is 1. The maximum atomic E-state index is 12.1. The average molecular weight is 556 g/mol. The minimum atomic E-state index is -0.943. The third kappa shape index (κ3) is 16.8. The van der Waals surface area contributed by atoms with Crippen LogP contribution in [0, 0.1) is 23.2 Å². The number of likely N-dealkylation sites (tertiary alicyclic amines) is 1. The predicted octanol–water partition coefficient (Wildman–Crippen LogP) is 3.74. The van der Waals surface area contributed by atoms with E-state index < -0.39 is 11.9 Å². The molecule has 10 heteroatoms. The molecule has 3 amide bonds. The fourth-order valence-electron chi connectivity index (χ4n) is 3.95. The van der Waals surface area contributed by atoms with Crippen molar-refractivity contribution in [1.82, 2.24) is 10.2 Å². The van der Waals surface area contributed by atoms with Crippen molar-refractivity contribution in [1.29, 1.82) is 0 Å². The first-order chi connectivity index (χ1) is 17.8. The van der Waals surface area contributed by atoms with Crippen LogP contribution in [0.25, 0.3) is 0 Å². The van der Waals surface area contributed by atoms with Gasteiger partial charge in [-0.25, -0.2) is 0 Å². The van der Waals surface area contributed by atoms with E-state index in [-0.39, 0.29) is 65.0 Å². The van der Waals surface area contributed by atoms with Gasteiger partial charge in [0, 0.05) is 48.1 Å². The lowest BCUT2D eigenvalue weighted by molar-refractivity contribution is -0.141. The van der Waals surface area contributed by atoms with Gasteiger partial charge in [0.05, 0.1) is 6.42 Å². The zero-order valence-electron chi connectivity index (χ0n) is 25.8. The standard InChI is InChI=1S/C13H25NO2.C8H15NO3.C8H13NO2/c1-10(15)9-11(7-5-6-8-14)12(16)13(2,3)4;1-5(2)9-8(12)6(3)4-7(10)11;1-5(2)9-7(10)4-6(3)8(9)11/h11H,5-9,14H2,1-4H3;5-6H,4H2,1-3H3,(H,9,12)(H,10,11);5-6H,4H2,1-3H3. The monoisotopic (exact) mass is 555 g/mol. The van der Waals surface area contributed by atoms with E-state index in [4.69, 9.17) is 10.8 Å². The second-order valence-corrected chi connectivity index (χ2v) is 12.0. The fraction of sp³-hybridized carbons (Fsp3) is 0.793. The second-order valence-electron chi connectivity index (χ2n) is 12.0. The van der Waals surface area contributed by atoms with E-state index in [0.29, 0.717) is 19.4 Å². The molecule has 0 saturated carbocycles. The molecular weight excluding hydrogens is 502 g/mol. The van der Waals surface area contributed by atoms with Crippen molar-refractivity contribution >= 4 is 35.3 Å². The van der Waals surface area contributed by atoms with Gasteiger partial charge in [-0.05, 0) is 54.0 Å². The number of hydrogen-bond acceptors (Lipinski definition) is 7. The summed E-state index contributed by atoms with van der Waals surface area (Å²) in [5, 5.41) is 11.0. The average Bonchev–Trinajstić information content (AvgIpc) is 3.03. The molecule has 226 valence electrons. The van der Waals surface area contributed by atoms with E-state index in [1.165, 1.54) is 4.90 Å². The molecule has 0 aromatic rings. The van der Waals surface area contributed by atoms with E-state index in [1.54, 1.807) is 20.8 Å². The van der Waals surface area contributed by atoms with Crippen LogP contribution in [0.15, 0.2) is 0 Å². The number of unbranched alkanes of at least 4 members (excludes halogenated alkanes) is 1. The highest BCUT2D eigenvalue weighted by Crippen LogP contribution is 2.26. The molecule has 0 aliphatic carbocycles. The molecule has 4 N–H and O–H groups in total. The van der Waals surface area contributed by atoms with Crippen molar-refractivity contribution in [3.8, 4) is 0 Å². The van der Waals surface area contributed by atoms with Gasteiger partial charge >= 0.3 is 5.97 Å². The maximum Gasteiger partial charge on any atom is 0.304 e. The van der Waals surface area contributed by atoms with Gasteiger partial charge in [-0.15, -0.1) is 0 Å². The first-order valence-electron chi connectivity index (χ1n) is 13.9. The molecule has 1 saturated heterocycles. The summed E-state index contributed by atoms with van der Waals surface area (Å²) in [6.07, 6.45) is 3.28. The molecule has 0 radical (unpaired) electrons. The van der Waals surface area contributed by atoms with Gasteiger partial charge in [0.15, 0.2) is 0 Å². The number of nitrogens with zero attached hydrogens (tertiary/aromatic N) is 1. The lowest BCUT2D eigenvalue weighted by Crippen LogP contribution is -2.36. The number of carbonyl (C=O) groups excluding carboxylic acids is 5. The Morgan fingerprint density at radius 1 is 1.03 bits per heavy atom. The highest BCUT2D eigenvalue weighted by atomic mass is 16.4. The van der Waals surface area contributed by atoms with Crippen LogP contribution in [0.4, 0.5) is 0 Å². The highest BCUT2D eigenvalue weighted by molar-refractivity contribution is 6.03. The first kappa shape index (κ1) is 38.5. The Bertz CT molecular complexity index is 831. The van der Waals surface area contributed by atoms with Gasteiger partial charge in [-0.3, -0.25) is 28.9 Å². The van der Waals surface area contributed by atoms with Crippen LogP contribution < -0.4 is 11.1 Å². The van der Waals surface area contributed by atoms with E-state index in [1.807, 2.05) is 48.5 Å². The molecular formula is C29H53N3O7. The molecule has 1 aliphatic heterocycles. The van der Waals surface area contributed by atoms with E-state index in [0.717, 1.165) is 19.3 Å². The summed E-state index contributed by atoms with van der Waals surface area (Å²) in [5.41, 5.74) is 5.07. The lowest BCUT2D eigenvalue weighted by Gasteiger charge is -2.24. The van der Waals surface area contributed by atoms with Gasteiger partial charge in [0.1, 0.15) is 11.6 Å². The van der Waals surface area contributed by atoms with Crippen molar-refractivity contribution in [2.45, 2.75) is 120 Å². The number of rotatable bonds is 12. The van der Waals surface area contributed by atoms with E-state index in [9.17, 15) is 28.8 Å². The van der Waals surface area contributed by atoms with Crippen molar-refractivity contribution in [3.63, 3.8) is 0 Å². The summed E-state index contributed by atoms with van der Waals surface area (Å²) < 4.78 is 0. The summed E-state index contributed by atoms with van der Waals surface area (Å²) >= 11 is 0. The Kier molecular flexibility index (Phi) is 18.4. The van der Waals surface area contributed by atoms with Gasteiger partial charge in [-0.1, -0.05) is 41.0 Å². The molecule has 1 fully saturated rings. The first-order valence-corrected chi connectivity index (χ1v) is 13.9. The molecule has 0 spiro atoms. The van der Waals surface area contributed by atoms with Gasteiger partial charge in [-0.2, -0.15) is 0 Å². The van der Waals surface area contributed by atoms with E-state index >= 15 is 0 Å². The van der Waals surface area contributed by atoms with Gasteiger partial charge in [0.2, 0.25) is 17.7 Å². The summed E-state index contributed by atoms with van der Waals surface area (Å²) in [7, 11) is 0. The summed E-state index contributed by atoms with van der Waals surface area (Å²) in [6.45, 7) is 18.7. The number of aliphatic carboxylic acids is 1. The summed E-state index contributed by atoms with van der Waals surface area (Å²) in [4.78, 5) is 68.3. The minimum absolute atomic E-state index is 0.0138. The van der Waals surface area contributed by atoms with Gasteiger partial charge < -0.3 is 21.0 Å². The number of hydrogen-bond donors (Lipinski definition) is 3. The van der Waals surface area contributed by atoms with Crippen LogP contribution >= 0.6 is 0 Å². The smallest absolute Gasteiger partial charge is 0.304 e. The lowest BCUT2D eigenvalue weighted by atomic mass is 9.79. The number of carboxylic acid groups (broad SMARTS) is 1. The number of carbonyl (C=O) groups is 6. The topological polar surface area (TPSA) is 164 Å². The Hall–Kier alpha value is -2.62. The van der Waals surface area contributed by atoms with Gasteiger partial charge in [0.25, 0.3) is 0 Å². The number of carboxylic acids is 1. The van der Waals surface area contributed by atoms with Crippen LogP contribution in [0.3, 0.4) is 0 Å². The van der Waals surface area contributed by atoms with Crippen LogP contribution in [-0.2, 0) is 28.8 Å². The largest absolute Gasteiger partial charge is 0.481 e. The summed E-state index contributed by atoms with van der Waals surface area (Å²) in [6, 6.07) is 0.0775. The Morgan fingerprint density at radius 3 is 1.87 bits per heavy atom. The predicted molar refractivity (Wildman–Crippen MR) is 152 cm³/mol. The van der Waals surface area contributed by atoms with E-state index in [2.05, 4.69) is 5.32 Å². The van der Waals surface area contributed by atoms with Crippen molar-refractivity contribution in [2.24, 2.45) is 28.9 Å². The normalized spacial score (nSPS) is 16.6. The molecule has 39 heavy (non-hydrogen) atoms. The molecule has 10 nitrogen and oxygen atoms in total. The van der Waals surface area contributed by atoms with Crippen LogP contribution in [0.5, 0.6) is 0 Å².